The molecule has 1 heterocycles. The van der Waals surface area contributed by atoms with E-state index in [2.05, 4.69) is 15.3 Å². The van der Waals surface area contributed by atoms with E-state index in [-0.39, 0.29) is 5.75 Å². The number of rotatable bonds is 6. The third-order valence-electron chi connectivity index (χ3n) is 3.35. The second-order valence-electron chi connectivity index (χ2n) is 5.24. The van der Waals surface area contributed by atoms with Crippen LogP contribution in [-0.4, -0.2) is 49.1 Å². The first kappa shape index (κ1) is 15.0. The summed E-state index contributed by atoms with van der Waals surface area (Å²) < 4.78 is 24.6. The van der Waals surface area contributed by atoms with Crippen molar-refractivity contribution in [2.75, 3.05) is 37.4 Å². The quantitative estimate of drug-likeness (QED) is 0.795. The van der Waals surface area contributed by atoms with Gasteiger partial charge in [0.2, 0.25) is 10.0 Å². The van der Waals surface area contributed by atoms with Crippen molar-refractivity contribution in [2.24, 2.45) is 0 Å². The molecule has 20 heavy (non-hydrogen) atoms. The number of nitrogens with zero attached hydrogens (tertiary/aromatic N) is 3. The zero-order valence-electron chi connectivity index (χ0n) is 12.0. The Balaban J connectivity index is 2.06. The highest BCUT2D eigenvalue weighted by molar-refractivity contribution is 7.89. The summed E-state index contributed by atoms with van der Waals surface area (Å²) in [6.45, 7) is 2.12. The minimum Gasteiger partial charge on any atom is -0.383 e. The molecule has 0 atom stereocenters. The van der Waals surface area contributed by atoms with Gasteiger partial charge in [-0.05, 0) is 19.8 Å². The van der Waals surface area contributed by atoms with Gasteiger partial charge in [0.05, 0.1) is 5.75 Å². The Morgan fingerprint density at radius 1 is 1.35 bits per heavy atom. The van der Waals surface area contributed by atoms with E-state index in [4.69, 9.17) is 5.73 Å². The highest BCUT2D eigenvalue weighted by atomic mass is 32.2. The number of sulfonamides is 1. The Bertz CT molecular complexity index is 596. The Kier molecular flexibility index (Phi) is 4.14. The molecular weight excluding hydrogens is 278 g/mol. The van der Waals surface area contributed by atoms with Gasteiger partial charge in [-0.15, -0.1) is 0 Å². The zero-order chi connectivity index (χ0) is 14.9. The third-order valence-corrected chi connectivity index (χ3v) is 5.18. The number of nitrogens with one attached hydrogen (secondary N) is 1. The van der Waals surface area contributed by atoms with Gasteiger partial charge in [0.25, 0.3) is 0 Å². The molecule has 0 aromatic carbocycles. The van der Waals surface area contributed by atoms with E-state index >= 15 is 0 Å². The van der Waals surface area contributed by atoms with Crippen LogP contribution >= 0.6 is 0 Å². The molecule has 0 amide bonds. The number of aromatic nitrogens is 2. The summed E-state index contributed by atoms with van der Waals surface area (Å²) in [5, 5.41) is 3.05. The summed E-state index contributed by atoms with van der Waals surface area (Å²) >= 11 is 0. The van der Waals surface area contributed by atoms with Gasteiger partial charge in [-0.3, -0.25) is 0 Å². The van der Waals surface area contributed by atoms with Gasteiger partial charge >= 0.3 is 0 Å². The van der Waals surface area contributed by atoms with E-state index in [9.17, 15) is 8.42 Å². The van der Waals surface area contributed by atoms with Crippen molar-refractivity contribution in [3.8, 4) is 0 Å². The van der Waals surface area contributed by atoms with Crippen LogP contribution in [0.1, 0.15) is 30.1 Å². The summed E-state index contributed by atoms with van der Waals surface area (Å²) in [6, 6.07) is 0. The third kappa shape index (κ3) is 3.37. The van der Waals surface area contributed by atoms with Crippen LogP contribution in [0.5, 0.6) is 0 Å². The molecule has 0 saturated heterocycles. The van der Waals surface area contributed by atoms with Gasteiger partial charge in [-0.2, -0.15) is 0 Å². The molecule has 1 aliphatic rings. The van der Waals surface area contributed by atoms with Gasteiger partial charge in [0, 0.05) is 32.1 Å². The molecule has 0 aliphatic heterocycles. The van der Waals surface area contributed by atoms with Crippen molar-refractivity contribution in [2.45, 2.75) is 25.7 Å². The number of nitrogens with two attached hydrogens (primary N) is 1. The fourth-order valence-corrected chi connectivity index (χ4v) is 2.45. The van der Waals surface area contributed by atoms with E-state index in [1.54, 1.807) is 0 Å². The first-order valence-electron chi connectivity index (χ1n) is 6.59. The van der Waals surface area contributed by atoms with Crippen molar-refractivity contribution in [1.29, 1.82) is 0 Å². The van der Waals surface area contributed by atoms with Crippen molar-refractivity contribution in [3.05, 3.63) is 11.4 Å². The van der Waals surface area contributed by atoms with Crippen LogP contribution in [-0.2, 0) is 10.0 Å². The van der Waals surface area contributed by atoms with Crippen LogP contribution < -0.4 is 11.1 Å². The maximum atomic E-state index is 11.7. The molecule has 0 radical (unpaired) electrons. The van der Waals surface area contributed by atoms with Crippen LogP contribution in [0.3, 0.4) is 0 Å². The Morgan fingerprint density at radius 3 is 2.55 bits per heavy atom. The van der Waals surface area contributed by atoms with Crippen LogP contribution in [0.25, 0.3) is 0 Å². The number of hydrogen-bond acceptors (Lipinski definition) is 6. The number of nitrogen functional groups attached to an aromatic ring is 1. The molecule has 0 unspecified atom stereocenters. The lowest BCUT2D eigenvalue weighted by molar-refractivity contribution is 0.521. The fraction of sp³-hybridized carbons (Fsp3) is 0.667. The highest BCUT2D eigenvalue weighted by Gasteiger charge is 2.28. The smallest absolute Gasteiger partial charge is 0.215 e. The molecule has 1 saturated carbocycles. The van der Waals surface area contributed by atoms with Gasteiger partial charge in [-0.1, -0.05) is 0 Å². The molecule has 0 bridgehead atoms. The average molecular weight is 299 g/mol. The molecule has 0 spiro atoms. The van der Waals surface area contributed by atoms with E-state index in [0.29, 0.717) is 24.1 Å². The van der Waals surface area contributed by atoms with Crippen LogP contribution in [0.2, 0.25) is 0 Å². The number of anilines is 2. The molecule has 112 valence electrons. The lowest BCUT2D eigenvalue weighted by Crippen LogP contribution is -2.28. The predicted octanol–water partition coefficient (Wildman–Crippen LogP) is 0.548. The minimum atomic E-state index is -3.21. The van der Waals surface area contributed by atoms with E-state index in [0.717, 1.165) is 24.2 Å². The molecule has 1 fully saturated rings. The Hall–Kier alpha value is -1.41. The zero-order valence-corrected chi connectivity index (χ0v) is 12.9. The Labute approximate surface area is 119 Å². The van der Waals surface area contributed by atoms with Gasteiger partial charge < -0.3 is 11.1 Å². The van der Waals surface area contributed by atoms with E-state index in [1.807, 2.05) is 6.92 Å². The molecule has 1 aromatic heterocycles. The first-order valence-corrected chi connectivity index (χ1v) is 8.20. The summed E-state index contributed by atoms with van der Waals surface area (Å²) in [6.07, 6.45) is 2.19. The van der Waals surface area contributed by atoms with E-state index in [1.165, 1.54) is 18.4 Å². The average Bonchev–Trinajstić information content (AvgIpc) is 3.18. The maximum Gasteiger partial charge on any atom is 0.215 e. The van der Waals surface area contributed by atoms with E-state index < -0.39 is 10.0 Å². The molecule has 7 nitrogen and oxygen atoms in total. The maximum absolute atomic E-state index is 11.7. The molecule has 8 heteroatoms. The number of hydrogen-bond donors (Lipinski definition) is 2. The SMILES string of the molecule is Cc1c(N)nc(C2CC2)nc1NCCS(=O)(=O)N(C)C. The van der Waals surface area contributed by atoms with Gasteiger partial charge in [-0.25, -0.2) is 22.7 Å². The minimum absolute atomic E-state index is 0.0160. The second kappa shape index (κ2) is 5.53. The van der Waals surface area contributed by atoms with Crippen molar-refractivity contribution >= 4 is 21.7 Å². The summed E-state index contributed by atoms with van der Waals surface area (Å²) in [5.41, 5.74) is 6.64. The molecule has 3 N–H and O–H groups in total. The van der Waals surface area contributed by atoms with Gasteiger partial charge in [0.15, 0.2) is 0 Å². The molecule has 2 rings (SSSR count). The topological polar surface area (TPSA) is 101 Å². The monoisotopic (exact) mass is 299 g/mol. The summed E-state index contributed by atoms with van der Waals surface area (Å²) in [5.74, 6) is 2.27. The molecule has 1 aliphatic carbocycles. The summed E-state index contributed by atoms with van der Waals surface area (Å²) in [7, 11) is -0.165. The van der Waals surface area contributed by atoms with Crippen LogP contribution in [0.4, 0.5) is 11.6 Å². The van der Waals surface area contributed by atoms with Crippen LogP contribution in [0.15, 0.2) is 0 Å². The molecule has 1 aromatic rings. The fourth-order valence-electron chi connectivity index (χ4n) is 1.73. The van der Waals surface area contributed by atoms with Crippen molar-refractivity contribution < 1.29 is 8.42 Å². The summed E-state index contributed by atoms with van der Waals surface area (Å²) in [4.78, 5) is 8.73. The lowest BCUT2D eigenvalue weighted by Gasteiger charge is -2.14. The van der Waals surface area contributed by atoms with Crippen molar-refractivity contribution in [3.63, 3.8) is 0 Å². The highest BCUT2D eigenvalue weighted by Crippen LogP contribution is 2.39. The lowest BCUT2D eigenvalue weighted by atomic mass is 10.3. The molecular formula is C12H21N5O2S. The Morgan fingerprint density at radius 2 is 2.00 bits per heavy atom. The van der Waals surface area contributed by atoms with Crippen LogP contribution in [0, 0.1) is 6.92 Å². The normalized spacial score (nSPS) is 15.6. The van der Waals surface area contributed by atoms with Crippen molar-refractivity contribution in [1.82, 2.24) is 14.3 Å². The first-order chi connectivity index (χ1) is 9.31. The van der Waals surface area contributed by atoms with Gasteiger partial charge in [0.1, 0.15) is 17.5 Å². The largest absolute Gasteiger partial charge is 0.383 e. The standard InChI is InChI=1S/C12H21N5O2S/c1-8-10(13)15-12(9-4-5-9)16-11(8)14-6-7-20(18,19)17(2)3/h9H,4-7H2,1-3H3,(H3,13,14,15,16). The second-order valence-corrected chi connectivity index (χ2v) is 7.54. The predicted molar refractivity (Wildman–Crippen MR) is 79.1 cm³/mol.